The third-order valence-corrected chi connectivity index (χ3v) is 2.72. The topological polar surface area (TPSA) is 55.1 Å². The molecular formula is C13H13FN2O2. The number of aryl methyl sites for hydroxylation is 2. The van der Waals surface area contributed by atoms with Crippen LogP contribution in [0.5, 0.6) is 0 Å². The van der Waals surface area contributed by atoms with Crippen LogP contribution >= 0.6 is 0 Å². The van der Waals surface area contributed by atoms with Crippen molar-refractivity contribution in [1.82, 2.24) is 9.78 Å². The summed E-state index contributed by atoms with van der Waals surface area (Å²) < 4.78 is 15.3. The Balaban J connectivity index is 2.36. The number of carboxylic acids is 1. The second kappa shape index (κ2) is 4.60. The summed E-state index contributed by atoms with van der Waals surface area (Å²) in [6, 6.07) is 5.65. The van der Waals surface area contributed by atoms with Crippen LogP contribution in [-0.2, 0) is 6.54 Å². The Bertz CT molecular complexity index is 605. The molecule has 0 fully saturated rings. The van der Waals surface area contributed by atoms with Crippen molar-refractivity contribution in [3.8, 4) is 0 Å². The lowest BCUT2D eigenvalue weighted by Crippen LogP contribution is -2.07. The minimum absolute atomic E-state index is 0.0768. The van der Waals surface area contributed by atoms with Crippen LogP contribution in [0.25, 0.3) is 0 Å². The molecule has 5 heteroatoms. The lowest BCUT2D eigenvalue weighted by molar-refractivity contribution is 0.0696. The van der Waals surface area contributed by atoms with Crippen LogP contribution in [-0.4, -0.2) is 20.9 Å². The van der Waals surface area contributed by atoms with Crippen molar-refractivity contribution in [2.75, 3.05) is 0 Å². The van der Waals surface area contributed by atoms with Crippen molar-refractivity contribution in [3.63, 3.8) is 0 Å². The first-order chi connectivity index (χ1) is 8.47. The minimum Gasteiger partial charge on any atom is -0.478 e. The summed E-state index contributed by atoms with van der Waals surface area (Å²) in [6.07, 6.45) is 0. The molecule has 2 rings (SSSR count). The second-order valence-corrected chi connectivity index (χ2v) is 4.20. The van der Waals surface area contributed by atoms with Crippen LogP contribution in [0.4, 0.5) is 4.39 Å². The smallest absolute Gasteiger partial charge is 0.335 e. The van der Waals surface area contributed by atoms with E-state index >= 15 is 0 Å². The molecule has 1 aromatic heterocycles. The molecular weight excluding hydrogens is 235 g/mol. The standard InChI is InChI=1S/C13H13FN2O2/c1-8-5-9(2)16(15-8)7-11-6-10(13(17)18)3-4-12(11)14/h3-6H,7H2,1-2H3,(H,17,18). The van der Waals surface area contributed by atoms with E-state index in [0.717, 1.165) is 11.4 Å². The van der Waals surface area contributed by atoms with Gasteiger partial charge in [-0.2, -0.15) is 5.10 Å². The van der Waals surface area contributed by atoms with Crippen LogP contribution in [0.2, 0.25) is 0 Å². The zero-order valence-corrected chi connectivity index (χ0v) is 10.1. The monoisotopic (exact) mass is 248 g/mol. The van der Waals surface area contributed by atoms with Crippen LogP contribution in [0.15, 0.2) is 24.3 Å². The van der Waals surface area contributed by atoms with Gasteiger partial charge in [0.1, 0.15) is 5.82 Å². The Hall–Kier alpha value is -2.17. The van der Waals surface area contributed by atoms with Crippen LogP contribution in [0, 0.1) is 19.7 Å². The molecule has 1 N–H and O–H groups in total. The van der Waals surface area contributed by atoms with Crippen LogP contribution in [0.3, 0.4) is 0 Å². The summed E-state index contributed by atoms with van der Waals surface area (Å²) >= 11 is 0. The second-order valence-electron chi connectivity index (χ2n) is 4.20. The number of benzene rings is 1. The fourth-order valence-corrected chi connectivity index (χ4v) is 1.83. The summed E-state index contributed by atoms with van der Waals surface area (Å²) in [5.41, 5.74) is 2.16. The zero-order valence-electron chi connectivity index (χ0n) is 10.1. The first-order valence-corrected chi connectivity index (χ1v) is 5.50. The average molecular weight is 248 g/mol. The molecule has 1 aromatic carbocycles. The van der Waals surface area contributed by atoms with E-state index in [9.17, 15) is 9.18 Å². The van der Waals surface area contributed by atoms with Crippen LogP contribution in [0.1, 0.15) is 27.3 Å². The Kier molecular flexibility index (Phi) is 3.14. The highest BCUT2D eigenvalue weighted by molar-refractivity contribution is 5.87. The van der Waals surface area contributed by atoms with Gasteiger partial charge in [0, 0.05) is 11.3 Å². The van der Waals surface area contributed by atoms with Crippen molar-refractivity contribution in [1.29, 1.82) is 0 Å². The summed E-state index contributed by atoms with van der Waals surface area (Å²) in [4.78, 5) is 10.8. The van der Waals surface area contributed by atoms with Crippen molar-refractivity contribution in [2.24, 2.45) is 0 Å². The number of carbonyl (C=O) groups is 1. The number of carboxylic acid groups (broad SMARTS) is 1. The molecule has 0 bridgehead atoms. The highest BCUT2D eigenvalue weighted by atomic mass is 19.1. The van der Waals surface area contributed by atoms with Gasteiger partial charge in [0.15, 0.2) is 0 Å². The lowest BCUT2D eigenvalue weighted by atomic mass is 10.1. The number of nitrogens with zero attached hydrogens (tertiary/aromatic N) is 2. The average Bonchev–Trinajstić information content (AvgIpc) is 2.60. The van der Waals surface area contributed by atoms with Gasteiger partial charge in [-0.25, -0.2) is 9.18 Å². The molecule has 0 atom stereocenters. The molecule has 0 amide bonds. The zero-order chi connectivity index (χ0) is 13.3. The fraction of sp³-hybridized carbons (Fsp3) is 0.231. The number of halogens is 1. The Morgan fingerprint density at radius 2 is 2.11 bits per heavy atom. The molecule has 4 nitrogen and oxygen atoms in total. The molecule has 0 unspecified atom stereocenters. The van der Waals surface area contributed by atoms with E-state index in [0.29, 0.717) is 5.56 Å². The largest absolute Gasteiger partial charge is 0.478 e. The van der Waals surface area contributed by atoms with Crippen molar-refractivity contribution >= 4 is 5.97 Å². The molecule has 2 aromatic rings. The van der Waals surface area contributed by atoms with Gasteiger partial charge in [-0.3, -0.25) is 4.68 Å². The maximum Gasteiger partial charge on any atom is 0.335 e. The summed E-state index contributed by atoms with van der Waals surface area (Å²) in [5.74, 6) is -1.49. The number of rotatable bonds is 3. The Labute approximate surface area is 104 Å². The van der Waals surface area contributed by atoms with Gasteiger partial charge >= 0.3 is 5.97 Å². The van der Waals surface area contributed by atoms with Crippen molar-refractivity contribution < 1.29 is 14.3 Å². The van der Waals surface area contributed by atoms with Crippen molar-refractivity contribution in [2.45, 2.75) is 20.4 Å². The molecule has 18 heavy (non-hydrogen) atoms. The van der Waals surface area contributed by atoms with Gasteiger partial charge in [-0.15, -0.1) is 0 Å². The molecule has 94 valence electrons. The fourth-order valence-electron chi connectivity index (χ4n) is 1.83. The molecule has 1 heterocycles. The van der Waals surface area contributed by atoms with Crippen molar-refractivity contribution in [3.05, 3.63) is 52.6 Å². The predicted molar refractivity (Wildman–Crippen MR) is 64.2 cm³/mol. The number of aromatic carboxylic acids is 1. The molecule has 0 aliphatic heterocycles. The van der Waals surface area contributed by atoms with E-state index in [1.54, 1.807) is 4.68 Å². The van der Waals surface area contributed by atoms with Gasteiger partial charge in [-0.1, -0.05) is 0 Å². The van der Waals surface area contributed by atoms with E-state index in [1.165, 1.54) is 18.2 Å². The number of hydrogen-bond acceptors (Lipinski definition) is 2. The van der Waals surface area contributed by atoms with E-state index in [1.807, 2.05) is 19.9 Å². The van der Waals surface area contributed by atoms with Gasteiger partial charge in [0.05, 0.1) is 17.8 Å². The molecule has 0 spiro atoms. The third kappa shape index (κ3) is 2.40. The molecule has 0 aliphatic rings. The van der Waals surface area contributed by atoms with E-state index in [2.05, 4.69) is 5.10 Å². The normalized spacial score (nSPS) is 10.6. The minimum atomic E-state index is -1.07. The van der Waals surface area contributed by atoms with Crippen LogP contribution < -0.4 is 0 Å². The molecule has 0 aliphatic carbocycles. The first kappa shape index (κ1) is 12.3. The molecule has 0 saturated heterocycles. The van der Waals surface area contributed by atoms with Gasteiger partial charge in [0.2, 0.25) is 0 Å². The van der Waals surface area contributed by atoms with E-state index in [-0.39, 0.29) is 12.1 Å². The predicted octanol–water partition coefficient (Wildman–Crippen LogP) is 2.39. The third-order valence-electron chi connectivity index (χ3n) is 2.72. The summed E-state index contributed by atoms with van der Waals surface area (Å²) in [6.45, 7) is 3.96. The number of hydrogen-bond donors (Lipinski definition) is 1. The van der Waals surface area contributed by atoms with Gasteiger partial charge in [-0.05, 0) is 38.1 Å². The SMILES string of the molecule is Cc1cc(C)n(Cc2cc(C(=O)O)ccc2F)n1. The van der Waals surface area contributed by atoms with E-state index < -0.39 is 11.8 Å². The number of aromatic nitrogens is 2. The van der Waals surface area contributed by atoms with Gasteiger partial charge < -0.3 is 5.11 Å². The maximum absolute atomic E-state index is 13.6. The highest BCUT2D eigenvalue weighted by Gasteiger charge is 2.10. The summed E-state index contributed by atoms with van der Waals surface area (Å²) in [5, 5.41) is 13.1. The van der Waals surface area contributed by atoms with Gasteiger partial charge in [0.25, 0.3) is 0 Å². The Morgan fingerprint density at radius 3 is 2.67 bits per heavy atom. The van der Waals surface area contributed by atoms with E-state index in [4.69, 9.17) is 5.11 Å². The quantitative estimate of drug-likeness (QED) is 0.907. The summed E-state index contributed by atoms with van der Waals surface area (Å²) in [7, 11) is 0. The highest BCUT2D eigenvalue weighted by Crippen LogP contribution is 2.14. The lowest BCUT2D eigenvalue weighted by Gasteiger charge is -2.07. The first-order valence-electron chi connectivity index (χ1n) is 5.50. The molecule has 0 saturated carbocycles. The molecule has 0 radical (unpaired) electrons. The maximum atomic E-state index is 13.6. The Morgan fingerprint density at radius 1 is 1.39 bits per heavy atom.